The number of nitrogens with zero attached hydrogens (tertiary/aromatic N) is 1. The second-order valence-electron chi connectivity index (χ2n) is 4.52. The zero-order chi connectivity index (χ0) is 10.7. The van der Waals surface area contributed by atoms with E-state index in [2.05, 4.69) is 36.1 Å². The van der Waals surface area contributed by atoms with Gasteiger partial charge in [-0.25, -0.2) is 0 Å². The molecule has 0 aromatic heterocycles. The molecule has 2 nitrogen and oxygen atoms in total. The first-order chi connectivity index (χ1) is 7.24. The molecule has 1 atom stereocenters. The van der Waals surface area contributed by atoms with Crippen molar-refractivity contribution in [1.82, 2.24) is 4.90 Å². The van der Waals surface area contributed by atoms with E-state index < -0.39 is 0 Å². The third-order valence-corrected chi connectivity index (χ3v) is 2.97. The van der Waals surface area contributed by atoms with Crippen molar-refractivity contribution in [2.24, 2.45) is 0 Å². The van der Waals surface area contributed by atoms with Gasteiger partial charge in [0.2, 0.25) is 0 Å². The summed E-state index contributed by atoms with van der Waals surface area (Å²) in [6.45, 7) is 5.03. The molecule has 1 saturated heterocycles. The van der Waals surface area contributed by atoms with E-state index in [-0.39, 0.29) is 6.10 Å². The summed E-state index contributed by atoms with van der Waals surface area (Å²) in [6, 6.07) is 8.61. The van der Waals surface area contributed by atoms with Crippen LogP contribution < -0.4 is 0 Å². The topological polar surface area (TPSA) is 23.5 Å². The Hall–Kier alpha value is -0.860. The molecule has 1 unspecified atom stereocenters. The second-order valence-corrected chi connectivity index (χ2v) is 4.52. The molecule has 1 aliphatic heterocycles. The van der Waals surface area contributed by atoms with Crippen LogP contribution in [-0.4, -0.2) is 29.2 Å². The van der Waals surface area contributed by atoms with Crippen LogP contribution in [0.25, 0.3) is 0 Å². The van der Waals surface area contributed by atoms with Crippen molar-refractivity contribution in [1.29, 1.82) is 0 Å². The molecule has 0 saturated carbocycles. The number of hydrogen-bond acceptors (Lipinski definition) is 2. The quantitative estimate of drug-likeness (QED) is 0.797. The van der Waals surface area contributed by atoms with Crippen LogP contribution in [0.3, 0.4) is 0 Å². The molecule has 2 heteroatoms. The molecule has 1 fully saturated rings. The second kappa shape index (κ2) is 4.77. The Kier molecular flexibility index (Phi) is 3.39. The average molecular weight is 205 g/mol. The molecule has 0 amide bonds. The number of benzene rings is 1. The van der Waals surface area contributed by atoms with Crippen LogP contribution in [0.1, 0.15) is 24.0 Å². The molecule has 2 rings (SSSR count). The van der Waals surface area contributed by atoms with E-state index in [1.54, 1.807) is 0 Å². The molecule has 82 valence electrons. The van der Waals surface area contributed by atoms with Crippen molar-refractivity contribution in [2.75, 3.05) is 13.1 Å². The largest absolute Gasteiger partial charge is 0.392 e. The molecule has 1 aliphatic rings. The van der Waals surface area contributed by atoms with Gasteiger partial charge in [0.1, 0.15) is 0 Å². The lowest BCUT2D eigenvalue weighted by molar-refractivity contribution is 0.0668. The molecular weight excluding hydrogens is 186 g/mol. The number of likely N-dealkylation sites (tertiary alicyclic amines) is 1. The Morgan fingerprint density at radius 3 is 3.07 bits per heavy atom. The van der Waals surface area contributed by atoms with Crippen molar-refractivity contribution < 1.29 is 5.11 Å². The molecule has 1 aromatic carbocycles. The Morgan fingerprint density at radius 2 is 2.33 bits per heavy atom. The predicted octanol–water partition coefficient (Wildman–Crippen LogP) is 1.95. The van der Waals surface area contributed by atoms with Crippen molar-refractivity contribution in [2.45, 2.75) is 32.4 Å². The Morgan fingerprint density at radius 1 is 1.47 bits per heavy atom. The van der Waals surface area contributed by atoms with Crippen LogP contribution >= 0.6 is 0 Å². The molecule has 0 aliphatic carbocycles. The minimum Gasteiger partial charge on any atom is -0.392 e. The predicted molar refractivity (Wildman–Crippen MR) is 61.7 cm³/mol. The molecule has 15 heavy (non-hydrogen) atoms. The van der Waals surface area contributed by atoms with E-state index in [1.165, 1.54) is 11.1 Å². The van der Waals surface area contributed by atoms with Gasteiger partial charge in [0.15, 0.2) is 0 Å². The maximum absolute atomic E-state index is 9.57. The third-order valence-electron chi connectivity index (χ3n) is 2.97. The maximum Gasteiger partial charge on any atom is 0.0667 e. The number of β-amino-alcohol motifs (C(OH)–C–C–N with tert-alkyl or cyclic N) is 1. The summed E-state index contributed by atoms with van der Waals surface area (Å²) in [5.74, 6) is 0. The smallest absolute Gasteiger partial charge is 0.0667 e. The minimum absolute atomic E-state index is 0.122. The zero-order valence-corrected chi connectivity index (χ0v) is 9.32. The minimum atomic E-state index is -0.122. The number of piperidine rings is 1. The highest BCUT2D eigenvalue weighted by atomic mass is 16.3. The molecule has 0 bridgehead atoms. The van der Waals surface area contributed by atoms with Crippen LogP contribution in [0.2, 0.25) is 0 Å². The summed E-state index contributed by atoms with van der Waals surface area (Å²) in [5, 5.41) is 9.57. The SMILES string of the molecule is Cc1cccc(CN2CCCC(O)C2)c1. The van der Waals surface area contributed by atoms with Gasteiger partial charge in [0, 0.05) is 13.1 Å². The van der Waals surface area contributed by atoms with Crippen LogP contribution in [0, 0.1) is 6.92 Å². The standard InChI is InChI=1S/C13H19NO/c1-11-4-2-5-12(8-11)9-14-7-3-6-13(15)10-14/h2,4-5,8,13,15H,3,6-7,9-10H2,1H3. The fourth-order valence-electron chi connectivity index (χ4n) is 2.24. The third kappa shape index (κ3) is 3.05. The fraction of sp³-hybridized carbons (Fsp3) is 0.538. The highest BCUT2D eigenvalue weighted by molar-refractivity contribution is 5.22. The van der Waals surface area contributed by atoms with Gasteiger partial charge in [-0.2, -0.15) is 0 Å². The lowest BCUT2D eigenvalue weighted by Crippen LogP contribution is -2.37. The summed E-state index contributed by atoms with van der Waals surface area (Å²) in [7, 11) is 0. The van der Waals surface area contributed by atoms with Crippen molar-refractivity contribution in [3.63, 3.8) is 0 Å². The number of hydrogen-bond donors (Lipinski definition) is 1. The van der Waals surface area contributed by atoms with Gasteiger partial charge >= 0.3 is 0 Å². The van der Waals surface area contributed by atoms with Gasteiger partial charge in [-0.15, -0.1) is 0 Å². The molecule has 1 N–H and O–H groups in total. The molecule has 1 aromatic rings. The van der Waals surface area contributed by atoms with Gasteiger partial charge in [-0.3, -0.25) is 4.90 Å². The lowest BCUT2D eigenvalue weighted by atomic mass is 10.1. The van der Waals surface area contributed by atoms with Crippen molar-refractivity contribution >= 4 is 0 Å². The summed E-state index contributed by atoms with van der Waals surface area (Å²) < 4.78 is 0. The molecule has 1 heterocycles. The molecular formula is C13H19NO. The van der Waals surface area contributed by atoms with E-state index in [4.69, 9.17) is 0 Å². The zero-order valence-electron chi connectivity index (χ0n) is 9.32. The first-order valence-electron chi connectivity index (χ1n) is 5.70. The van der Waals surface area contributed by atoms with Crippen LogP contribution in [-0.2, 0) is 6.54 Å². The normalized spacial score (nSPS) is 22.9. The molecule has 0 spiro atoms. The Labute approximate surface area is 91.5 Å². The summed E-state index contributed by atoms with van der Waals surface area (Å²) in [4.78, 5) is 2.34. The van der Waals surface area contributed by atoms with E-state index in [9.17, 15) is 5.11 Å². The van der Waals surface area contributed by atoms with E-state index >= 15 is 0 Å². The number of aliphatic hydroxyl groups is 1. The van der Waals surface area contributed by atoms with Gasteiger partial charge in [0.05, 0.1) is 6.10 Å². The van der Waals surface area contributed by atoms with Gasteiger partial charge in [0.25, 0.3) is 0 Å². The van der Waals surface area contributed by atoms with Gasteiger partial charge < -0.3 is 5.11 Å². The van der Waals surface area contributed by atoms with E-state index in [0.717, 1.165) is 32.5 Å². The van der Waals surface area contributed by atoms with Crippen LogP contribution in [0.15, 0.2) is 24.3 Å². The first kappa shape index (κ1) is 10.7. The summed E-state index contributed by atoms with van der Waals surface area (Å²) in [6.07, 6.45) is 1.96. The number of rotatable bonds is 2. The fourth-order valence-corrected chi connectivity index (χ4v) is 2.24. The number of aryl methyl sites for hydroxylation is 1. The highest BCUT2D eigenvalue weighted by Crippen LogP contribution is 2.14. The van der Waals surface area contributed by atoms with E-state index in [0.29, 0.717) is 0 Å². The van der Waals surface area contributed by atoms with Crippen molar-refractivity contribution in [3.05, 3.63) is 35.4 Å². The Bertz CT molecular complexity index is 324. The monoisotopic (exact) mass is 205 g/mol. The van der Waals surface area contributed by atoms with Gasteiger partial charge in [-0.1, -0.05) is 29.8 Å². The summed E-state index contributed by atoms with van der Waals surface area (Å²) >= 11 is 0. The van der Waals surface area contributed by atoms with E-state index in [1.807, 2.05) is 0 Å². The average Bonchev–Trinajstić information content (AvgIpc) is 2.17. The Balaban J connectivity index is 1.96. The van der Waals surface area contributed by atoms with Gasteiger partial charge in [-0.05, 0) is 31.9 Å². The van der Waals surface area contributed by atoms with Crippen LogP contribution in [0.4, 0.5) is 0 Å². The first-order valence-corrected chi connectivity index (χ1v) is 5.70. The van der Waals surface area contributed by atoms with Crippen LogP contribution in [0.5, 0.6) is 0 Å². The lowest BCUT2D eigenvalue weighted by Gasteiger charge is -2.30. The number of aliphatic hydroxyl groups excluding tert-OH is 1. The maximum atomic E-state index is 9.57. The van der Waals surface area contributed by atoms with Crippen molar-refractivity contribution in [3.8, 4) is 0 Å². The molecule has 0 radical (unpaired) electrons. The summed E-state index contributed by atoms with van der Waals surface area (Å²) in [5.41, 5.74) is 2.66. The highest BCUT2D eigenvalue weighted by Gasteiger charge is 2.17.